The van der Waals surface area contributed by atoms with Gasteiger partial charge in [-0.2, -0.15) is 13.2 Å². The average Bonchev–Trinajstić information content (AvgIpc) is 2.26. The number of carbonyl (C=O) groups is 4. The number of hydrogen-bond donors (Lipinski definition) is 4. The number of nitrogens with one attached hydrogen (secondary N) is 1. The van der Waals surface area contributed by atoms with Gasteiger partial charge in [0, 0.05) is 0 Å². The van der Waals surface area contributed by atoms with Gasteiger partial charge in [-0.25, -0.2) is 9.59 Å². The highest BCUT2D eigenvalue weighted by Crippen LogP contribution is 2.13. The Balaban J connectivity index is 0. The summed E-state index contributed by atoms with van der Waals surface area (Å²) in [6, 6.07) is -1.25. The van der Waals surface area contributed by atoms with Crippen molar-refractivity contribution < 1.29 is 42.6 Å². The zero-order chi connectivity index (χ0) is 16.5. The molecule has 8 nitrogen and oxygen atoms in total. The van der Waals surface area contributed by atoms with Crippen molar-refractivity contribution in [3.8, 4) is 0 Å². The Kier molecular flexibility index (Phi) is 9.33. The molecule has 116 valence electrons. The average molecular weight is 367 g/mol. The first-order chi connectivity index (χ1) is 8.91. The highest BCUT2D eigenvalue weighted by atomic mass is 79.9. The fraction of sp³-hybridized carbons (Fsp3) is 0.500. The molecule has 0 unspecified atom stereocenters. The van der Waals surface area contributed by atoms with Gasteiger partial charge in [0.25, 0.3) is 0 Å². The van der Waals surface area contributed by atoms with Crippen molar-refractivity contribution in [3.63, 3.8) is 0 Å². The maximum Gasteiger partial charge on any atom is 0.490 e. The Hall–Kier alpha value is -1.85. The maximum atomic E-state index is 10.7. The van der Waals surface area contributed by atoms with E-state index in [0.717, 1.165) is 0 Å². The normalized spacial score (nSPS) is 11.6. The molecule has 0 bridgehead atoms. The standard InChI is InChI=1S/C6H9BrN2O4.C2HF3O2/c7-2-5(11)9-3(6(12)13)1-4(8)10;3-2(4,5)1(6)7/h3H,1-2H2,(H2,8,10)(H,9,11)(H,12,13);(H,6,7)/t3-;/m0./s1. The van der Waals surface area contributed by atoms with Crippen molar-refractivity contribution in [2.75, 3.05) is 5.33 Å². The number of carbonyl (C=O) groups excluding carboxylic acids is 2. The van der Waals surface area contributed by atoms with Crippen LogP contribution in [0.2, 0.25) is 0 Å². The lowest BCUT2D eigenvalue weighted by atomic mass is 10.2. The summed E-state index contributed by atoms with van der Waals surface area (Å²) in [5.41, 5.74) is 4.78. The second-order valence-corrected chi connectivity index (χ2v) is 3.63. The monoisotopic (exact) mass is 366 g/mol. The largest absolute Gasteiger partial charge is 0.490 e. The maximum absolute atomic E-state index is 10.7. The summed E-state index contributed by atoms with van der Waals surface area (Å²) in [7, 11) is 0. The van der Waals surface area contributed by atoms with Crippen molar-refractivity contribution in [2.24, 2.45) is 5.73 Å². The van der Waals surface area contributed by atoms with Crippen molar-refractivity contribution in [1.82, 2.24) is 5.32 Å². The minimum absolute atomic E-state index is 0.0183. The Labute approximate surface area is 118 Å². The van der Waals surface area contributed by atoms with Crippen LogP contribution in [0.15, 0.2) is 0 Å². The molecule has 0 aliphatic heterocycles. The molecule has 20 heavy (non-hydrogen) atoms. The molecule has 0 aromatic carbocycles. The van der Waals surface area contributed by atoms with Crippen molar-refractivity contribution in [3.05, 3.63) is 0 Å². The minimum Gasteiger partial charge on any atom is -0.480 e. The molecule has 0 spiro atoms. The van der Waals surface area contributed by atoms with Crippen LogP contribution in [0, 0.1) is 0 Å². The van der Waals surface area contributed by atoms with Crippen molar-refractivity contribution in [1.29, 1.82) is 0 Å². The summed E-state index contributed by atoms with van der Waals surface area (Å²) in [5.74, 6) is -5.32. The van der Waals surface area contributed by atoms with E-state index in [-0.39, 0.29) is 5.33 Å². The van der Waals surface area contributed by atoms with Crippen LogP contribution in [0.5, 0.6) is 0 Å². The summed E-state index contributed by atoms with van der Waals surface area (Å²) in [4.78, 5) is 40.5. The van der Waals surface area contributed by atoms with E-state index in [4.69, 9.17) is 20.7 Å². The van der Waals surface area contributed by atoms with Crippen LogP contribution in [-0.2, 0) is 19.2 Å². The van der Waals surface area contributed by atoms with E-state index in [2.05, 4.69) is 21.2 Å². The molecular weight excluding hydrogens is 357 g/mol. The number of carboxylic acids is 2. The van der Waals surface area contributed by atoms with E-state index < -0.39 is 42.4 Å². The molecule has 1 atom stereocenters. The second-order valence-electron chi connectivity index (χ2n) is 3.07. The van der Waals surface area contributed by atoms with Crippen LogP contribution in [0.4, 0.5) is 13.2 Å². The van der Waals surface area contributed by atoms with E-state index in [1.54, 1.807) is 0 Å². The molecule has 0 saturated heterocycles. The summed E-state index contributed by atoms with van der Waals surface area (Å²) >= 11 is 2.84. The molecule has 2 amide bonds. The second kappa shape index (κ2) is 9.12. The SMILES string of the molecule is NC(=O)C[C@H](NC(=O)CBr)C(=O)O.O=C(O)C(F)(F)F. The number of alkyl halides is 4. The molecule has 5 N–H and O–H groups in total. The zero-order valence-corrected chi connectivity index (χ0v) is 11.2. The molecule has 0 rings (SSSR count). The van der Waals surface area contributed by atoms with E-state index in [0.29, 0.717) is 0 Å². The Morgan fingerprint density at radius 2 is 1.60 bits per heavy atom. The summed E-state index contributed by atoms with van der Waals surface area (Å²) in [6.07, 6.45) is -5.49. The van der Waals surface area contributed by atoms with Crippen molar-refractivity contribution >= 4 is 39.7 Å². The van der Waals surface area contributed by atoms with Gasteiger partial charge in [-0.1, -0.05) is 15.9 Å². The topological polar surface area (TPSA) is 147 Å². The van der Waals surface area contributed by atoms with Gasteiger partial charge < -0.3 is 21.3 Å². The summed E-state index contributed by atoms with van der Waals surface area (Å²) in [6.45, 7) is 0. The van der Waals surface area contributed by atoms with Gasteiger partial charge in [-0.15, -0.1) is 0 Å². The van der Waals surface area contributed by atoms with E-state index >= 15 is 0 Å². The molecule has 0 radical (unpaired) electrons. The predicted octanol–water partition coefficient (Wildman–Crippen LogP) is -0.541. The quantitative estimate of drug-likeness (QED) is 0.480. The van der Waals surface area contributed by atoms with E-state index in [9.17, 15) is 27.6 Å². The number of rotatable bonds is 5. The predicted molar refractivity (Wildman–Crippen MR) is 60.9 cm³/mol. The first kappa shape index (κ1) is 20.5. The number of carboxylic acid groups (broad SMARTS) is 2. The van der Waals surface area contributed by atoms with Gasteiger partial charge in [0.1, 0.15) is 6.04 Å². The first-order valence-electron chi connectivity index (χ1n) is 4.58. The molecule has 0 aromatic rings. The third kappa shape index (κ3) is 11.3. The Morgan fingerprint density at radius 3 is 1.80 bits per heavy atom. The number of nitrogens with two attached hydrogens (primary N) is 1. The number of primary amides is 1. The highest BCUT2D eigenvalue weighted by molar-refractivity contribution is 9.09. The third-order valence-corrected chi connectivity index (χ3v) is 1.91. The summed E-state index contributed by atoms with van der Waals surface area (Å²) < 4.78 is 31.7. The van der Waals surface area contributed by atoms with Gasteiger partial charge in [0.2, 0.25) is 11.8 Å². The number of aliphatic carboxylic acids is 2. The molecule has 0 aliphatic carbocycles. The third-order valence-electron chi connectivity index (χ3n) is 1.40. The van der Waals surface area contributed by atoms with Crippen LogP contribution in [0.25, 0.3) is 0 Å². The van der Waals surface area contributed by atoms with Gasteiger partial charge in [-0.3, -0.25) is 9.59 Å². The van der Waals surface area contributed by atoms with E-state index in [1.807, 2.05) is 0 Å². The Bertz CT molecular complexity index is 387. The summed E-state index contributed by atoms with van der Waals surface area (Å²) in [5, 5.41) is 17.7. The molecular formula is C8H10BrF3N2O6. The van der Waals surface area contributed by atoms with Crippen LogP contribution in [-0.4, -0.2) is 51.5 Å². The molecule has 0 aromatic heterocycles. The van der Waals surface area contributed by atoms with E-state index in [1.165, 1.54) is 0 Å². The zero-order valence-electron chi connectivity index (χ0n) is 9.61. The fourth-order valence-corrected chi connectivity index (χ4v) is 0.796. The van der Waals surface area contributed by atoms with Crippen LogP contribution < -0.4 is 11.1 Å². The lowest BCUT2D eigenvalue weighted by molar-refractivity contribution is -0.192. The number of hydrogen-bond acceptors (Lipinski definition) is 4. The number of amides is 2. The molecule has 0 aliphatic rings. The molecule has 12 heteroatoms. The minimum atomic E-state index is -5.08. The Morgan fingerprint density at radius 1 is 1.20 bits per heavy atom. The van der Waals surface area contributed by atoms with Gasteiger partial charge in [-0.05, 0) is 0 Å². The fourth-order valence-electron chi connectivity index (χ4n) is 0.634. The highest BCUT2D eigenvalue weighted by Gasteiger charge is 2.38. The van der Waals surface area contributed by atoms with Crippen LogP contribution in [0.1, 0.15) is 6.42 Å². The molecule has 0 saturated carbocycles. The van der Waals surface area contributed by atoms with Gasteiger partial charge >= 0.3 is 18.1 Å². The molecule has 0 heterocycles. The van der Waals surface area contributed by atoms with Crippen LogP contribution >= 0.6 is 15.9 Å². The van der Waals surface area contributed by atoms with Gasteiger partial charge in [0.05, 0.1) is 11.8 Å². The van der Waals surface area contributed by atoms with Gasteiger partial charge in [0.15, 0.2) is 0 Å². The van der Waals surface area contributed by atoms with Crippen molar-refractivity contribution in [2.45, 2.75) is 18.6 Å². The number of halogens is 4. The smallest absolute Gasteiger partial charge is 0.480 e. The molecule has 0 fully saturated rings. The lowest BCUT2D eigenvalue weighted by Gasteiger charge is -2.10. The lowest BCUT2D eigenvalue weighted by Crippen LogP contribution is -2.43. The first-order valence-corrected chi connectivity index (χ1v) is 5.70. The van der Waals surface area contributed by atoms with Crippen LogP contribution in [0.3, 0.4) is 0 Å².